The number of nitrogens with one attached hydrogen (secondary N) is 1. The van der Waals surface area contributed by atoms with Crippen molar-refractivity contribution < 1.29 is 4.74 Å². The van der Waals surface area contributed by atoms with Crippen LogP contribution in [0.5, 0.6) is 5.88 Å². The van der Waals surface area contributed by atoms with Gasteiger partial charge in [-0.25, -0.2) is 0 Å². The van der Waals surface area contributed by atoms with Crippen molar-refractivity contribution in [3.8, 4) is 5.88 Å². The van der Waals surface area contributed by atoms with Crippen LogP contribution in [-0.2, 0) is 6.61 Å². The predicted molar refractivity (Wildman–Crippen MR) is 84.2 cm³/mol. The zero-order valence-corrected chi connectivity index (χ0v) is 13.1. The van der Waals surface area contributed by atoms with Gasteiger partial charge in [0.05, 0.1) is 5.02 Å². The zero-order valence-electron chi connectivity index (χ0n) is 10.8. The third-order valence-electron chi connectivity index (χ3n) is 2.53. The number of anilines is 1. The number of pyridine rings is 1. The summed E-state index contributed by atoms with van der Waals surface area (Å²) in [6, 6.07) is 9.00. The fraction of sp³-hybridized carbons (Fsp3) is 0.214. The molecule has 0 aliphatic heterocycles. The lowest BCUT2D eigenvalue weighted by molar-refractivity contribution is 0.294. The minimum atomic E-state index is 0.349. The number of hydrogen-bond donors (Lipinski definition) is 1. The Hall–Kier alpha value is -1.16. The minimum absolute atomic E-state index is 0.349. The molecule has 0 bridgehead atoms. The van der Waals surface area contributed by atoms with E-state index in [0.29, 0.717) is 39.9 Å². The first-order valence-electron chi connectivity index (χ1n) is 6.07. The molecule has 2 rings (SSSR count). The molecule has 106 valence electrons. The second-order valence-electron chi connectivity index (χ2n) is 4.05. The van der Waals surface area contributed by atoms with Crippen molar-refractivity contribution in [3.63, 3.8) is 0 Å². The Morgan fingerprint density at radius 1 is 1.10 bits per heavy atom. The van der Waals surface area contributed by atoms with Gasteiger partial charge in [-0.1, -0.05) is 46.9 Å². The molecule has 0 aliphatic carbocycles. The van der Waals surface area contributed by atoms with Gasteiger partial charge in [0, 0.05) is 11.6 Å². The molecule has 1 heterocycles. The molecule has 0 aliphatic rings. The SMILES string of the molecule is CCNc1nc(OCc2ccc(Cl)cc2)c(Cl)cc1Cl. The van der Waals surface area contributed by atoms with Crippen molar-refractivity contribution in [2.75, 3.05) is 11.9 Å². The highest BCUT2D eigenvalue weighted by Crippen LogP contribution is 2.31. The predicted octanol–water partition coefficient (Wildman–Crippen LogP) is 5.05. The largest absolute Gasteiger partial charge is 0.472 e. The van der Waals surface area contributed by atoms with Gasteiger partial charge < -0.3 is 10.1 Å². The fourth-order valence-corrected chi connectivity index (χ4v) is 2.18. The molecule has 1 aromatic carbocycles. The highest BCUT2D eigenvalue weighted by Gasteiger charge is 2.10. The summed E-state index contributed by atoms with van der Waals surface area (Å²) in [6.45, 7) is 3.03. The maximum atomic E-state index is 6.07. The number of benzene rings is 1. The van der Waals surface area contributed by atoms with Gasteiger partial charge >= 0.3 is 0 Å². The topological polar surface area (TPSA) is 34.2 Å². The quantitative estimate of drug-likeness (QED) is 0.832. The summed E-state index contributed by atoms with van der Waals surface area (Å²) >= 11 is 17.9. The highest BCUT2D eigenvalue weighted by molar-refractivity contribution is 6.36. The first-order chi connectivity index (χ1) is 9.60. The van der Waals surface area contributed by atoms with Gasteiger partial charge in [0.25, 0.3) is 0 Å². The smallest absolute Gasteiger partial charge is 0.234 e. The molecule has 0 spiro atoms. The fourth-order valence-electron chi connectivity index (χ4n) is 1.57. The van der Waals surface area contributed by atoms with Gasteiger partial charge in [0.2, 0.25) is 5.88 Å². The zero-order chi connectivity index (χ0) is 14.5. The Balaban J connectivity index is 2.12. The lowest BCUT2D eigenvalue weighted by Gasteiger charge is -2.11. The molecule has 0 saturated carbocycles. The summed E-state index contributed by atoms with van der Waals surface area (Å²) in [7, 11) is 0. The summed E-state index contributed by atoms with van der Waals surface area (Å²) in [5.41, 5.74) is 0.979. The molecular weight excluding hydrogens is 319 g/mol. The van der Waals surface area contributed by atoms with Crippen molar-refractivity contribution in [2.24, 2.45) is 0 Å². The van der Waals surface area contributed by atoms with Crippen molar-refractivity contribution >= 4 is 40.6 Å². The molecule has 3 nitrogen and oxygen atoms in total. The van der Waals surface area contributed by atoms with E-state index in [9.17, 15) is 0 Å². The van der Waals surface area contributed by atoms with Crippen LogP contribution in [0.4, 0.5) is 5.82 Å². The Labute approximate surface area is 132 Å². The van der Waals surface area contributed by atoms with Gasteiger partial charge in [-0.05, 0) is 30.7 Å². The maximum absolute atomic E-state index is 6.07. The minimum Gasteiger partial charge on any atom is -0.472 e. The number of halogens is 3. The summed E-state index contributed by atoms with van der Waals surface area (Å²) in [4.78, 5) is 4.27. The lowest BCUT2D eigenvalue weighted by Crippen LogP contribution is -2.03. The van der Waals surface area contributed by atoms with Gasteiger partial charge in [0.1, 0.15) is 17.4 Å². The highest BCUT2D eigenvalue weighted by atomic mass is 35.5. The van der Waals surface area contributed by atoms with Gasteiger partial charge in [-0.15, -0.1) is 0 Å². The summed E-state index contributed by atoms with van der Waals surface area (Å²) in [5.74, 6) is 0.909. The van der Waals surface area contributed by atoms with E-state index in [2.05, 4.69) is 10.3 Å². The molecule has 0 unspecified atom stereocenters. The second-order valence-corrected chi connectivity index (χ2v) is 5.30. The first kappa shape index (κ1) is 15.2. The van der Waals surface area contributed by atoms with Gasteiger partial charge in [-0.3, -0.25) is 0 Å². The number of nitrogens with zero attached hydrogens (tertiary/aromatic N) is 1. The van der Waals surface area contributed by atoms with E-state index in [1.807, 2.05) is 19.1 Å². The van der Waals surface area contributed by atoms with E-state index in [0.717, 1.165) is 5.56 Å². The number of hydrogen-bond acceptors (Lipinski definition) is 3. The van der Waals surface area contributed by atoms with E-state index < -0.39 is 0 Å². The van der Waals surface area contributed by atoms with Crippen LogP contribution < -0.4 is 10.1 Å². The van der Waals surface area contributed by atoms with Crippen LogP contribution in [0, 0.1) is 0 Å². The van der Waals surface area contributed by atoms with Crippen molar-refractivity contribution in [1.82, 2.24) is 4.98 Å². The third kappa shape index (κ3) is 3.92. The summed E-state index contributed by atoms with van der Waals surface area (Å²) < 4.78 is 5.62. The standard InChI is InChI=1S/C14H13Cl3N2O/c1-2-18-13-11(16)7-12(17)14(19-13)20-8-9-3-5-10(15)6-4-9/h3-7H,2,8H2,1H3,(H,18,19). The van der Waals surface area contributed by atoms with Crippen LogP contribution in [-0.4, -0.2) is 11.5 Å². The normalized spacial score (nSPS) is 10.4. The van der Waals surface area contributed by atoms with Gasteiger partial charge in [-0.2, -0.15) is 4.98 Å². The molecule has 20 heavy (non-hydrogen) atoms. The van der Waals surface area contributed by atoms with E-state index in [4.69, 9.17) is 39.5 Å². The summed E-state index contributed by atoms with van der Waals surface area (Å²) in [6.07, 6.45) is 0. The molecule has 2 aromatic rings. The van der Waals surface area contributed by atoms with E-state index in [-0.39, 0.29) is 0 Å². The van der Waals surface area contributed by atoms with Gasteiger partial charge in [0.15, 0.2) is 0 Å². The summed E-state index contributed by atoms with van der Waals surface area (Å²) in [5, 5.41) is 4.58. The Morgan fingerprint density at radius 3 is 2.45 bits per heavy atom. The first-order valence-corrected chi connectivity index (χ1v) is 7.20. The average Bonchev–Trinajstić information content (AvgIpc) is 2.42. The number of ether oxygens (including phenoxy) is 1. The molecule has 1 aromatic heterocycles. The van der Waals surface area contributed by atoms with Crippen LogP contribution in [0.2, 0.25) is 15.1 Å². The monoisotopic (exact) mass is 330 g/mol. The molecule has 0 saturated heterocycles. The Bertz CT molecular complexity index is 588. The maximum Gasteiger partial charge on any atom is 0.234 e. The molecule has 1 N–H and O–H groups in total. The van der Waals surface area contributed by atoms with Crippen molar-refractivity contribution in [1.29, 1.82) is 0 Å². The third-order valence-corrected chi connectivity index (χ3v) is 3.34. The average molecular weight is 332 g/mol. The molecule has 6 heteroatoms. The molecule has 0 radical (unpaired) electrons. The van der Waals surface area contributed by atoms with E-state index in [1.165, 1.54) is 0 Å². The molecule has 0 amide bonds. The molecular formula is C14H13Cl3N2O. The second kappa shape index (κ2) is 7.02. The van der Waals surface area contributed by atoms with Crippen molar-refractivity contribution in [2.45, 2.75) is 13.5 Å². The van der Waals surface area contributed by atoms with Crippen LogP contribution in [0.25, 0.3) is 0 Å². The van der Waals surface area contributed by atoms with Crippen LogP contribution >= 0.6 is 34.8 Å². The lowest BCUT2D eigenvalue weighted by atomic mass is 10.2. The molecule has 0 atom stereocenters. The van der Waals surface area contributed by atoms with E-state index >= 15 is 0 Å². The van der Waals surface area contributed by atoms with Crippen molar-refractivity contribution in [3.05, 3.63) is 51.0 Å². The number of aromatic nitrogens is 1. The van der Waals surface area contributed by atoms with E-state index in [1.54, 1.807) is 18.2 Å². The Kier molecular flexibility index (Phi) is 5.35. The molecule has 0 fully saturated rings. The van der Waals surface area contributed by atoms with Crippen LogP contribution in [0.3, 0.4) is 0 Å². The number of rotatable bonds is 5. The Morgan fingerprint density at radius 2 is 1.80 bits per heavy atom. The van der Waals surface area contributed by atoms with Crippen LogP contribution in [0.15, 0.2) is 30.3 Å². The van der Waals surface area contributed by atoms with Crippen LogP contribution in [0.1, 0.15) is 12.5 Å².